The molecule has 0 spiro atoms. The number of anilines is 1. The van der Waals surface area contributed by atoms with Crippen LogP contribution in [0.3, 0.4) is 0 Å². The van der Waals surface area contributed by atoms with Gasteiger partial charge >= 0.3 is 0 Å². The fourth-order valence-electron chi connectivity index (χ4n) is 2.50. The van der Waals surface area contributed by atoms with E-state index in [1.54, 1.807) is 24.3 Å². The van der Waals surface area contributed by atoms with Crippen molar-refractivity contribution in [2.75, 3.05) is 5.32 Å². The van der Waals surface area contributed by atoms with Gasteiger partial charge in [-0.15, -0.1) is 0 Å². The molecule has 4 heteroatoms. The zero-order valence-electron chi connectivity index (χ0n) is 15.2. The maximum Gasteiger partial charge on any atom is 0.272 e. The highest BCUT2D eigenvalue weighted by molar-refractivity contribution is 6.10. The van der Waals surface area contributed by atoms with Gasteiger partial charge in [-0.05, 0) is 35.4 Å². The van der Waals surface area contributed by atoms with Crippen LogP contribution in [0.5, 0.6) is 0 Å². The van der Waals surface area contributed by atoms with Crippen LogP contribution in [0.25, 0.3) is 12.2 Å². The average Bonchev–Trinajstić information content (AvgIpc) is 2.74. The highest BCUT2D eigenvalue weighted by atomic mass is 16.2. The standard InChI is InChI=1S/C24H20N2O2/c27-23(17-16-19-10-4-1-5-11-19)26-22(18-20-12-6-2-7-13-20)24(28)25-21-14-8-3-9-15-21/h1-18H,(H,25,28)(H,26,27). The molecule has 0 radical (unpaired) electrons. The number of nitrogens with one attached hydrogen (secondary N) is 2. The first kappa shape index (κ1) is 18.9. The Morgan fingerprint density at radius 1 is 0.679 bits per heavy atom. The second kappa shape index (κ2) is 9.69. The maximum atomic E-state index is 12.7. The third-order valence-electron chi connectivity index (χ3n) is 3.87. The highest BCUT2D eigenvalue weighted by Gasteiger charge is 2.12. The van der Waals surface area contributed by atoms with Crippen molar-refractivity contribution in [1.29, 1.82) is 0 Å². The van der Waals surface area contributed by atoms with Crippen molar-refractivity contribution in [3.8, 4) is 0 Å². The number of para-hydroxylation sites is 1. The van der Waals surface area contributed by atoms with Gasteiger partial charge in [-0.2, -0.15) is 0 Å². The van der Waals surface area contributed by atoms with Gasteiger partial charge in [0, 0.05) is 11.8 Å². The predicted octanol–water partition coefficient (Wildman–Crippen LogP) is 4.50. The highest BCUT2D eigenvalue weighted by Crippen LogP contribution is 2.10. The van der Waals surface area contributed by atoms with Crippen LogP contribution in [0.1, 0.15) is 11.1 Å². The maximum absolute atomic E-state index is 12.7. The summed E-state index contributed by atoms with van der Waals surface area (Å²) in [5.74, 6) is -0.772. The molecule has 0 aromatic heterocycles. The van der Waals surface area contributed by atoms with Crippen molar-refractivity contribution in [3.63, 3.8) is 0 Å². The van der Waals surface area contributed by atoms with Gasteiger partial charge in [-0.25, -0.2) is 0 Å². The van der Waals surface area contributed by atoms with Crippen molar-refractivity contribution in [1.82, 2.24) is 5.32 Å². The SMILES string of the molecule is O=C(C=Cc1ccccc1)NC(=Cc1ccccc1)C(=O)Nc1ccccc1. The first-order valence-corrected chi connectivity index (χ1v) is 8.88. The van der Waals surface area contributed by atoms with Crippen molar-refractivity contribution in [3.05, 3.63) is 114 Å². The Hall–Kier alpha value is -3.92. The molecule has 0 aliphatic carbocycles. The molecule has 3 aromatic carbocycles. The number of carbonyl (C=O) groups is 2. The van der Waals surface area contributed by atoms with Gasteiger partial charge in [0.05, 0.1) is 0 Å². The molecule has 3 rings (SSSR count). The summed E-state index contributed by atoms with van der Waals surface area (Å²) < 4.78 is 0. The minimum Gasteiger partial charge on any atom is -0.321 e. The third-order valence-corrected chi connectivity index (χ3v) is 3.87. The summed E-state index contributed by atoms with van der Waals surface area (Å²) >= 11 is 0. The van der Waals surface area contributed by atoms with Crippen LogP contribution in [-0.4, -0.2) is 11.8 Å². The number of carbonyl (C=O) groups excluding carboxylic acids is 2. The van der Waals surface area contributed by atoms with Crippen LogP contribution in [-0.2, 0) is 9.59 Å². The first-order valence-electron chi connectivity index (χ1n) is 8.88. The molecule has 0 aliphatic heterocycles. The van der Waals surface area contributed by atoms with Gasteiger partial charge in [-0.1, -0.05) is 78.9 Å². The molecule has 0 atom stereocenters. The van der Waals surface area contributed by atoms with E-state index in [1.807, 2.05) is 78.9 Å². The monoisotopic (exact) mass is 368 g/mol. The molecule has 0 saturated carbocycles. The Kier molecular flexibility index (Phi) is 6.53. The second-order valence-corrected chi connectivity index (χ2v) is 6.02. The van der Waals surface area contributed by atoms with Crippen LogP contribution in [0, 0.1) is 0 Å². The lowest BCUT2D eigenvalue weighted by Gasteiger charge is -2.10. The quantitative estimate of drug-likeness (QED) is 0.630. The minimum atomic E-state index is -0.392. The summed E-state index contributed by atoms with van der Waals surface area (Å²) in [6, 6.07) is 27.9. The predicted molar refractivity (Wildman–Crippen MR) is 113 cm³/mol. The number of benzene rings is 3. The number of amides is 2. The van der Waals surface area contributed by atoms with E-state index in [0.717, 1.165) is 11.1 Å². The van der Waals surface area contributed by atoms with E-state index in [1.165, 1.54) is 6.08 Å². The Morgan fingerprint density at radius 3 is 1.82 bits per heavy atom. The Morgan fingerprint density at radius 2 is 1.21 bits per heavy atom. The Bertz CT molecular complexity index is 979. The summed E-state index contributed by atoms with van der Waals surface area (Å²) in [5.41, 5.74) is 2.53. The largest absolute Gasteiger partial charge is 0.321 e. The fraction of sp³-hybridized carbons (Fsp3) is 0. The third kappa shape index (κ3) is 5.81. The Balaban J connectivity index is 1.78. The van der Waals surface area contributed by atoms with Crippen LogP contribution in [0.15, 0.2) is 103 Å². The van der Waals surface area contributed by atoms with Crippen LogP contribution in [0.4, 0.5) is 5.69 Å². The van der Waals surface area contributed by atoms with Crippen LogP contribution >= 0.6 is 0 Å². The smallest absolute Gasteiger partial charge is 0.272 e. The molecule has 4 nitrogen and oxygen atoms in total. The van der Waals surface area contributed by atoms with Crippen LogP contribution in [0.2, 0.25) is 0 Å². The van der Waals surface area contributed by atoms with E-state index < -0.39 is 5.91 Å². The van der Waals surface area contributed by atoms with Gasteiger partial charge in [0.2, 0.25) is 5.91 Å². The van der Waals surface area contributed by atoms with Crippen molar-refractivity contribution >= 4 is 29.7 Å². The summed E-state index contributed by atoms with van der Waals surface area (Å²) in [4.78, 5) is 25.1. The molecule has 28 heavy (non-hydrogen) atoms. The molecule has 2 amide bonds. The molecule has 0 bridgehead atoms. The topological polar surface area (TPSA) is 58.2 Å². The molecule has 0 heterocycles. The van der Waals surface area contributed by atoms with E-state index in [-0.39, 0.29) is 11.6 Å². The molecular weight excluding hydrogens is 348 g/mol. The van der Waals surface area contributed by atoms with E-state index in [9.17, 15) is 9.59 Å². The zero-order chi connectivity index (χ0) is 19.6. The van der Waals surface area contributed by atoms with Gasteiger partial charge in [0.25, 0.3) is 5.91 Å². The van der Waals surface area contributed by atoms with Crippen molar-refractivity contribution in [2.24, 2.45) is 0 Å². The molecule has 3 aromatic rings. The summed E-state index contributed by atoms with van der Waals surface area (Å²) in [6.45, 7) is 0. The second-order valence-electron chi connectivity index (χ2n) is 6.02. The summed E-state index contributed by atoms with van der Waals surface area (Å²) in [6.07, 6.45) is 4.75. The minimum absolute atomic E-state index is 0.165. The molecule has 2 N–H and O–H groups in total. The van der Waals surface area contributed by atoms with E-state index >= 15 is 0 Å². The van der Waals surface area contributed by atoms with Gasteiger partial charge in [0.1, 0.15) is 5.70 Å². The average molecular weight is 368 g/mol. The normalized spacial score (nSPS) is 11.2. The molecule has 0 unspecified atom stereocenters. The molecule has 0 saturated heterocycles. The lowest BCUT2D eigenvalue weighted by molar-refractivity contribution is -0.118. The molecule has 0 aliphatic rings. The molecular formula is C24H20N2O2. The first-order chi connectivity index (χ1) is 13.7. The lowest BCUT2D eigenvalue weighted by atomic mass is 10.1. The molecule has 0 fully saturated rings. The van der Waals surface area contributed by atoms with E-state index in [2.05, 4.69) is 10.6 Å². The summed E-state index contributed by atoms with van der Waals surface area (Å²) in [5, 5.41) is 5.47. The van der Waals surface area contributed by atoms with E-state index in [4.69, 9.17) is 0 Å². The van der Waals surface area contributed by atoms with Crippen molar-refractivity contribution < 1.29 is 9.59 Å². The van der Waals surface area contributed by atoms with Gasteiger partial charge in [0.15, 0.2) is 0 Å². The number of hydrogen-bond acceptors (Lipinski definition) is 2. The lowest BCUT2D eigenvalue weighted by Crippen LogP contribution is -2.29. The number of hydrogen-bond donors (Lipinski definition) is 2. The van der Waals surface area contributed by atoms with Crippen molar-refractivity contribution in [2.45, 2.75) is 0 Å². The number of rotatable bonds is 6. The fourth-order valence-corrected chi connectivity index (χ4v) is 2.50. The zero-order valence-corrected chi connectivity index (χ0v) is 15.2. The van der Waals surface area contributed by atoms with Gasteiger partial charge < -0.3 is 10.6 Å². The van der Waals surface area contributed by atoms with Crippen LogP contribution < -0.4 is 10.6 Å². The summed E-state index contributed by atoms with van der Waals surface area (Å²) in [7, 11) is 0. The van der Waals surface area contributed by atoms with E-state index in [0.29, 0.717) is 5.69 Å². The molecule has 138 valence electrons. The van der Waals surface area contributed by atoms with Gasteiger partial charge in [-0.3, -0.25) is 9.59 Å². The Labute approximate surface area is 164 Å².